The molecule has 0 bridgehead atoms. The van der Waals surface area contributed by atoms with Crippen molar-refractivity contribution in [2.75, 3.05) is 0 Å². The normalized spacial score (nSPS) is 11.5. The third-order valence-corrected chi connectivity index (χ3v) is 2.14. The number of hydrogen-bond acceptors (Lipinski definition) is 3. The van der Waals surface area contributed by atoms with Crippen molar-refractivity contribution < 1.29 is 0 Å². The van der Waals surface area contributed by atoms with Gasteiger partial charge in [-0.15, -0.1) is 0 Å². The lowest BCUT2D eigenvalue weighted by Crippen LogP contribution is -2.03. The SMILES string of the molecule is C=C/C(C#N)=C\C=C\n1ccsc1=O. The topological polar surface area (TPSA) is 45.8 Å². The van der Waals surface area contributed by atoms with Gasteiger partial charge in [-0.2, -0.15) is 5.26 Å². The molecule has 0 N–H and O–H groups in total. The minimum absolute atomic E-state index is 0.0493. The Morgan fingerprint density at radius 2 is 2.50 bits per heavy atom. The molecule has 0 unspecified atom stereocenters. The van der Waals surface area contributed by atoms with Crippen molar-refractivity contribution in [1.29, 1.82) is 5.26 Å². The molecule has 0 saturated carbocycles. The minimum Gasteiger partial charge on any atom is -0.282 e. The van der Waals surface area contributed by atoms with Crippen molar-refractivity contribution in [2.45, 2.75) is 0 Å². The summed E-state index contributed by atoms with van der Waals surface area (Å²) in [5.41, 5.74) is 0.463. The van der Waals surface area contributed by atoms with Gasteiger partial charge in [-0.3, -0.25) is 9.36 Å². The molecule has 1 rings (SSSR count). The molecule has 4 heteroatoms. The molecule has 14 heavy (non-hydrogen) atoms. The maximum atomic E-state index is 11.1. The first-order valence-electron chi connectivity index (χ1n) is 3.84. The fourth-order valence-corrected chi connectivity index (χ4v) is 1.33. The minimum atomic E-state index is -0.0493. The lowest BCUT2D eigenvalue weighted by molar-refractivity contribution is 1.12. The van der Waals surface area contributed by atoms with Crippen LogP contribution in [-0.4, -0.2) is 4.57 Å². The van der Waals surface area contributed by atoms with Crippen molar-refractivity contribution in [3.8, 4) is 6.07 Å². The van der Waals surface area contributed by atoms with Crippen LogP contribution in [0, 0.1) is 11.3 Å². The fraction of sp³-hybridized carbons (Fsp3) is 0. The van der Waals surface area contributed by atoms with Crippen molar-refractivity contribution in [2.24, 2.45) is 0 Å². The second kappa shape index (κ2) is 5.00. The summed E-state index contributed by atoms with van der Waals surface area (Å²) in [6, 6.07) is 1.95. The van der Waals surface area contributed by atoms with Crippen LogP contribution < -0.4 is 4.87 Å². The lowest BCUT2D eigenvalue weighted by atomic mass is 10.3. The van der Waals surface area contributed by atoms with Gasteiger partial charge < -0.3 is 0 Å². The third kappa shape index (κ3) is 2.57. The smallest absolute Gasteiger partial charge is 0.282 e. The average Bonchev–Trinajstić information content (AvgIpc) is 2.59. The van der Waals surface area contributed by atoms with Crippen LogP contribution in [0.25, 0.3) is 6.20 Å². The molecule has 0 aliphatic heterocycles. The predicted octanol–water partition coefficient (Wildman–Crippen LogP) is 2.02. The Kier molecular flexibility index (Phi) is 3.65. The summed E-state index contributed by atoms with van der Waals surface area (Å²) in [5.74, 6) is 0. The van der Waals surface area contributed by atoms with Gasteiger partial charge in [-0.1, -0.05) is 24.0 Å². The van der Waals surface area contributed by atoms with Crippen molar-refractivity contribution in [3.05, 3.63) is 51.6 Å². The summed E-state index contributed by atoms with van der Waals surface area (Å²) in [7, 11) is 0. The predicted molar refractivity (Wildman–Crippen MR) is 57.8 cm³/mol. The first kappa shape index (κ1) is 10.2. The van der Waals surface area contributed by atoms with Gasteiger partial charge in [0, 0.05) is 17.8 Å². The highest BCUT2D eigenvalue weighted by Crippen LogP contribution is 1.95. The quantitative estimate of drug-likeness (QED) is 0.558. The molecule has 1 aromatic rings. The average molecular weight is 204 g/mol. The van der Waals surface area contributed by atoms with E-state index in [0.29, 0.717) is 5.57 Å². The van der Waals surface area contributed by atoms with E-state index < -0.39 is 0 Å². The van der Waals surface area contributed by atoms with E-state index in [0.717, 1.165) is 11.3 Å². The zero-order valence-corrected chi connectivity index (χ0v) is 8.20. The first-order valence-corrected chi connectivity index (χ1v) is 4.72. The monoisotopic (exact) mass is 204 g/mol. The summed E-state index contributed by atoms with van der Waals surface area (Å²) in [6.07, 6.45) is 7.95. The Balaban J connectivity index is 2.81. The Labute approximate surface area is 85.5 Å². The van der Waals surface area contributed by atoms with E-state index in [1.54, 1.807) is 29.9 Å². The molecule has 0 aliphatic rings. The summed E-state index contributed by atoms with van der Waals surface area (Å²) >= 11 is 1.13. The number of allylic oxidation sites excluding steroid dienone is 4. The molecule has 0 aliphatic carbocycles. The molecule has 0 amide bonds. The number of aromatic nitrogens is 1. The van der Waals surface area contributed by atoms with Gasteiger partial charge >= 0.3 is 4.87 Å². The van der Waals surface area contributed by atoms with Crippen LogP contribution in [0.15, 0.2) is 46.8 Å². The molecule has 0 atom stereocenters. The Morgan fingerprint density at radius 3 is 3.00 bits per heavy atom. The molecule has 0 aromatic carbocycles. The van der Waals surface area contributed by atoms with E-state index in [1.165, 1.54) is 10.6 Å². The van der Waals surface area contributed by atoms with Gasteiger partial charge in [0.15, 0.2) is 0 Å². The van der Waals surface area contributed by atoms with Gasteiger partial charge in [0.05, 0.1) is 11.6 Å². The van der Waals surface area contributed by atoms with Crippen LogP contribution in [0.3, 0.4) is 0 Å². The molecule has 0 spiro atoms. The van der Waals surface area contributed by atoms with Gasteiger partial charge in [0.25, 0.3) is 0 Å². The van der Waals surface area contributed by atoms with Crippen LogP contribution in [0.2, 0.25) is 0 Å². The third-order valence-electron chi connectivity index (χ3n) is 1.47. The number of nitriles is 1. The van der Waals surface area contributed by atoms with E-state index >= 15 is 0 Å². The van der Waals surface area contributed by atoms with E-state index in [4.69, 9.17) is 5.26 Å². The maximum absolute atomic E-state index is 11.1. The maximum Gasteiger partial charge on any atom is 0.311 e. The zero-order chi connectivity index (χ0) is 10.4. The van der Waals surface area contributed by atoms with Crippen LogP contribution in [0.4, 0.5) is 0 Å². The summed E-state index contributed by atoms with van der Waals surface area (Å²) in [6.45, 7) is 3.47. The molecule has 1 heterocycles. The molecular formula is C10H8N2OS. The molecule has 3 nitrogen and oxygen atoms in total. The molecule has 0 radical (unpaired) electrons. The number of rotatable bonds is 3. The molecule has 70 valence electrons. The van der Waals surface area contributed by atoms with Gasteiger partial charge in [-0.05, 0) is 12.2 Å². The van der Waals surface area contributed by atoms with E-state index in [-0.39, 0.29) is 4.87 Å². The van der Waals surface area contributed by atoms with E-state index in [2.05, 4.69) is 6.58 Å². The van der Waals surface area contributed by atoms with Crippen LogP contribution in [0.1, 0.15) is 0 Å². The van der Waals surface area contributed by atoms with E-state index in [1.807, 2.05) is 6.07 Å². The number of thiazole rings is 1. The van der Waals surface area contributed by atoms with Crippen LogP contribution in [0.5, 0.6) is 0 Å². The summed E-state index contributed by atoms with van der Waals surface area (Å²) in [4.78, 5) is 11.0. The molecule has 0 saturated heterocycles. The molecule has 0 fully saturated rings. The van der Waals surface area contributed by atoms with Crippen molar-refractivity contribution in [1.82, 2.24) is 4.57 Å². The lowest BCUT2D eigenvalue weighted by Gasteiger charge is -1.86. The van der Waals surface area contributed by atoms with E-state index in [9.17, 15) is 4.79 Å². The van der Waals surface area contributed by atoms with Gasteiger partial charge in [0.1, 0.15) is 0 Å². The first-order chi connectivity index (χ1) is 6.77. The molecule has 1 aromatic heterocycles. The number of nitrogens with zero attached hydrogens (tertiary/aromatic N) is 2. The van der Waals surface area contributed by atoms with Crippen molar-refractivity contribution in [3.63, 3.8) is 0 Å². The Morgan fingerprint density at radius 1 is 1.71 bits per heavy atom. The zero-order valence-electron chi connectivity index (χ0n) is 7.38. The Bertz CT molecular complexity index is 471. The van der Waals surface area contributed by atoms with Gasteiger partial charge in [-0.25, -0.2) is 0 Å². The second-order valence-electron chi connectivity index (χ2n) is 2.36. The highest BCUT2D eigenvalue weighted by atomic mass is 32.1. The van der Waals surface area contributed by atoms with Crippen molar-refractivity contribution >= 4 is 17.5 Å². The number of hydrogen-bond donors (Lipinski definition) is 0. The standard InChI is InChI=1S/C10H8N2OS/c1-2-9(8-11)4-3-5-12-6-7-14-10(12)13/h2-7H,1H2/b5-3+,9-4+. The highest BCUT2D eigenvalue weighted by molar-refractivity contribution is 7.07. The van der Waals surface area contributed by atoms with Crippen LogP contribution >= 0.6 is 11.3 Å². The second-order valence-corrected chi connectivity index (χ2v) is 3.21. The largest absolute Gasteiger partial charge is 0.311 e. The summed E-state index contributed by atoms with van der Waals surface area (Å²) < 4.78 is 1.44. The summed E-state index contributed by atoms with van der Waals surface area (Å²) in [5, 5.41) is 10.3. The Hall–Kier alpha value is -1.86. The fourth-order valence-electron chi connectivity index (χ4n) is 0.777. The van der Waals surface area contributed by atoms with Crippen LogP contribution in [-0.2, 0) is 0 Å². The highest BCUT2D eigenvalue weighted by Gasteiger charge is 1.88. The van der Waals surface area contributed by atoms with Gasteiger partial charge in [0.2, 0.25) is 0 Å². The molecular weight excluding hydrogens is 196 g/mol.